The maximum Gasteiger partial charge on any atom is 0.176 e. The molecule has 13 heavy (non-hydrogen) atoms. The highest BCUT2D eigenvalue weighted by Gasteiger charge is 2.01. The number of nitrogens with zero attached hydrogens (tertiary/aromatic N) is 3. The van der Waals surface area contributed by atoms with Crippen molar-refractivity contribution in [2.75, 3.05) is 0 Å². The maximum absolute atomic E-state index is 8.24. The molecule has 0 aliphatic rings. The molecule has 0 aliphatic heterocycles. The molecular weight excluding hydrogens is 192 g/mol. The molecule has 0 saturated carbocycles. The Hall–Kier alpha value is -1.20. The number of nitrogens with one attached hydrogen (secondary N) is 1. The van der Waals surface area contributed by atoms with E-state index in [4.69, 9.17) is 16.8 Å². The van der Waals surface area contributed by atoms with Gasteiger partial charge in [0.1, 0.15) is 6.34 Å². The van der Waals surface area contributed by atoms with E-state index in [0.29, 0.717) is 11.0 Å². The van der Waals surface area contributed by atoms with Crippen LogP contribution in [-0.2, 0) is 6.42 Å². The molecule has 0 bridgehead atoms. The first kappa shape index (κ1) is 9.88. The Labute approximate surface area is 80.4 Å². The van der Waals surface area contributed by atoms with Gasteiger partial charge in [-0.3, -0.25) is 10.7 Å². The minimum absolute atomic E-state index is 0.387. The van der Waals surface area contributed by atoms with Crippen molar-refractivity contribution in [3.05, 3.63) is 16.8 Å². The zero-order valence-electron chi connectivity index (χ0n) is 7.03. The number of aliphatic imine (C=N–C) groups is 1. The number of halogens is 1. The number of aryl methyl sites for hydroxylation is 1. The molecule has 2 N–H and O–H groups in total. The van der Waals surface area contributed by atoms with Gasteiger partial charge in [0.05, 0.1) is 0 Å². The fraction of sp³-hybridized carbons (Fsp3) is 0.286. The number of hydrogen-bond acceptors (Lipinski definition) is 4. The van der Waals surface area contributed by atoms with E-state index >= 15 is 0 Å². The Kier molecular flexibility index (Phi) is 3.60. The van der Waals surface area contributed by atoms with E-state index in [2.05, 4.69) is 15.2 Å². The van der Waals surface area contributed by atoms with E-state index in [1.54, 1.807) is 11.5 Å². The van der Waals surface area contributed by atoms with Crippen molar-refractivity contribution in [2.24, 2.45) is 4.99 Å². The largest absolute Gasteiger partial charge is 0.290 e. The van der Waals surface area contributed by atoms with Gasteiger partial charge in [0.25, 0.3) is 0 Å². The third kappa shape index (κ3) is 2.64. The van der Waals surface area contributed by atoms with Crippen LogP contribution in [0.4, 0.5) is 5.82 Å². The first-order valence-electron chi connectivity index (χ1n) is 3.72. The van der Waals surface area contributed by atoms with Gasteiger partial charge in [-0.2, -0.15) is 0 Å². The van der Waals surface area contributed by atoms with Gasteiger partial charge in [0.2, 0.25) is 0 Å². The molecule has 0 unspecified atom stereocenters. The van der Waals surface area contributed by atoms with E-state index < -0.39 is 0 Å². The molecule has 6 heteroatoms. The zero-order chi connectivity index (χ0) is 9.68. The van der Waals surface area contributed by atoms with Crippen molar-refractivity contribution in [2.45, 2.75) is 13.3 Å². The van der Waals surface area contributed by atoms with E-state index in [0.717, 1.165) is 18.3 Å². The molecule has 1 rings (SSSR count). The Morgan fingerprint density at radius 3 is 3.08 bits per heavy atom. The summed E-state index contributed by atoms with van der Waals surface area (Å²) in [6, 6.07) is 1.71. The summed E-state index contributed by atoms with van der Waals surface area (Å²) in [5, 5.41) is 16.0. The van der Waals surface area contributed by atoms with Crippen LogP contribution in [0.1, 0.15) is 12.5 Å². The number of rotatable bonds is 3. The van der Waals surface area contributed by atoms with Crippen molar-refractivity contribution in [1.29, 1.82) is 0 Å². The predicted octanol–water partition coefficient (Wildman–Crippen LogP) is 1.33. The van der Waals surface area contributed by atoms with Crippen LogP contribution in [0.3, 0.4) is 0 Å². The summed E-state index contributed by atoms with van der Waals surface area (Å²) in [6.07, 6.45) is 1.88. The fourth-order valence-electron chi connectivity index (χ4n) is 0.810. The van der Waals surface area contributed by atoms with E-state index in [1.165, 1.54) is 0 Å². The van der Waals surface area contributed by atoms with Crippen LogP contribution in [0.2, 0.25) is 5.15 Å². The highest BCUT2D eigenvalue weighted by atomic mass is 35.5. The molecular formula is C7H9ClN4O. The topological polar surface area (TPSA) is 70.4 Å². The lowest BCUT2D eigenvalue weighted by Gasteiger charge is -1.98. The second-order valence-electron chi connectivity index (χ2n) is 2.26. The van der Waals surface area contributed by atoms with Crippen LogP contribution >= 0.6 is 11.6 Å². The fourth-order valence-corrected chi connectivity index (χ4v) is 1.04. The standard InChI is InChI=1S/C7H9ClN4O/c1-2-5-3-6(9-4-10-13)11-12-7(5)8/h3-4,13H,2H2,1H3,(H,9,10,11). The molecule has 0 saturated heterocycles. The lowest BCUT2D eigenvalue weighted by molar-refractivity contribution is 0.240. The second-order valence-corrected chi connectivity index (χ2v) is 2.62. The number of hydroxylamine groups is 1. The van der Waals surface area contributed by atoms with Crippen molar-refractivity contribution >= 4 is 23.8 Å². The Morgan fingerprint density at radius 1 is 1.69 bits per heavy atom. The van der Waals surface area contributed by atoms with Gasteiger partial charge in [-0.1, -0.05) is 18.5 Å². The summed E-state index contributed by atoms with van der Waals surface area (Å²) in [6.45, 7) is 1.96. The average molecular weight is 201 g/mol. The third-order valence-corrected chi connectivity index (χ3v) is 1.76. The molecule has 0 atom stereocenters. The molecule has 1 aromatic heterocycles. The minimum atomic E-state index is 0.387. The quantitative estimate of drug-likeness (QED) is 0.439. The van der Waals surface area contributed by atoms with E-state index in [9.17, 15) is 0 Å². The predicted molar refractivity (Wildman–Crippen MR) is 49.5 cm³/mol. The van der Waals surface area contributed by atoms with Crippen LogP contribution in [0, 0.1) is 0 Å². The van der Waals surface area contributed by atoms with Gasteiger partial charge >= 0.3 is 0 Å². The van der Waals surface area contributed by atoms with Crippen molar-refractivity contribution in [1.82, 2.24) is 15.7 Å². The van der Waals surface area contributed by atoms with Gasteiger partial charge in [-0.15, -0.1) is 10.2 Å². The average Bonchev–Trinajstić information content (AvgIpc) is 2.16. The molecule has 5 nitrogen and oxygen atoms in total. The Morgan fingerprint density at radius 2 is 2.46 bits per heavy atom. The van der Waals surface area contributed by atoms with Gasteiger partial charge in [0.15, 0.2) is 11.0 Å². The molecule has 70 valence electrons. The van der Waals surface area contributed by atoms with Crippen LogP contribution in [0.5, 0.6) is 0 Å². The maximum atomic E-state index is 8.24. The SMILES string of the molecule is CCc1cc(N=CNO)nnc1Cl. The summed E-state index contributed by atoms with van der Waals surface area (Å²) in [4.78, 5) is 3.76. The molecule has 1 aromatic rings. The summed E-state index contributed by atoms with van der Waals surface area (Å²) in [5.74, 6) is 0.405. The van der Waals surface area contributed by atoms with Crippen molar-refractivity contribution < 1.29 is 5.21 Å². The number of hydrogen-bond donors (Lipinski definition) is 2. The van der Waals surface area contributed by atoms with Gasteiger partial charge in [-0.05, 0) is 18.1 Å². The van der Waals surface area contributed by atoms with Crippen LogP contribution in [0.15, 0.2) is 11.1 Å². The number of aromatic nitrogens is 2. The smallest absolute Gasteiger partial charge is 0.176 e. The zero-order valence-corrected chi connectivity index (χ0v) is 7.78. The van der Waals surface area contributed by atoms with E-state index in [-0.39, 0.29) is 0 Å². The highest BCUT2D eigenvalue weighted by molar-refractivity contribution is 6.30. The summed E-state index contributed by atoms with van der Waals surface area (Å²) < 4.78 is 0. The van der Waals surface area contributed by atoms with Gasteiger partial charge < -0.3 is 0 Å². The van der Waals surface area contributed by atoms with Crippen molar-refractivity contribution in [3.8, 4) is 0 Å². The molecule has 0 radical (unpaired) electrons. The Balaban J connectivity index is 2.92. The molecule has 0 fully saturated rings. The van der Waals surface area contributed by atoms with E-state index in [1.807, 2.05) is 6.92 Å². The normalized spacial score (nSPS) is 10.7. The molecule has 0 amide bonds. The van der Waals surface area contributed by atoms with Crippen LogP contribution < -0.4 is 5.48 Å². The summed E-state index contributed by atoms with van der Waals surface area (Å²) in [7, 11) is 0. The minimum Gasteiger partial charge on any atom is -0.290 e. The molecule has 0 aliphatic carbocycles. The second kappa shape index (κ2) is 4.74. The first-order valence-corrected chi connectivity index (χ1v) is 4.10. The monoisotopic (exact) mass is 200 g/mol. The molecule has 0 aromatic carbocycles. The van der Waals surface area contributed by atoms with Gasteiger partial charge in [0, 0.05) is 0 Å². The van der Waals surface area contributed by atoms with Crippen LogP contribution in [-0.4, -0.2) is 21.7 Å². The Bertz CT molecular complexity index is 315. The first-order chi connectivity index (χ1) is 6.27. The third-order valence-electron chi connectivity index (χ3n) is 1.44. The summed E-state index contributed by atoms with van der Waals surface area (Å²) in [5.41, 5.74) is 2.65. The lowest BCUT2D eigenvalue weighted by atomic mass is 10.2. The highest BCUT2D eigenvalue weighted by Crippen LogP contribution is 2.16. The lowest BCUT2D eigenvalue weighted by Crippen LogP contribution is -2.01. The van der Waals surface area contributed by atoms with Gasteiger partial charge in [-0.25, -0.2) is 4.99 Å². The molecule has 1 heterocycles. The van der Waals surface area contributed by atoms with Crippen LogP contribution in [0.25, 0.3) is 0 Å². The van der Waals surface area contributed by atoms with Crippen molar-refractivity contribution in [3.63, 3.8) is 0 Å². The summed E-state index contributed by atoms with van der Waals surface area (Å²) >= 11 is 5.74. The molecule has 0 spiro atoms.